The van der Waals surface area contributed by atoms with E-state index < -0.39 is 0 Å². The molecule has 1 unspecified atom stereocenters. The summed E-state index contributed by atoms with van der Waals surface area (Å²) in [5.41, 5.74) is 2.75. The second kappa shape index (κ2) is 5.36. The van der Waals surface area contributed by atoms with Gasteiger partial charge in [-0.3, -0.25) is 9.67 Å². The van der Waals surface area contributed by atoms with Gasteiger partial charge in [0.15, 0.2) is 5.65 Å². The molecular formula is C16H18N6. The SMILES string of the molecule is Cc1cnn(C2CCCN(c3ccc4nccnc4n3)C2)c1. The fraction of sp³-hybridized carbons (Fsp3) is 0.375. The van der Waals surface area contributed by atoms with Crippen molar-refractivity contribution >= 4 is 17.0 Å². The van der Waals surface area contributed by atoms with Crippen molar-refractivity contribution in [3.63, 3.8) is 0 Å². The van der Waals surface area contributed by atoms with Crippen molar-refractivity contribution in [1.82, 2.24) is 24.7 Å². The molecule has 1 aliphatic heterocycles. The number of piperidine rings is 1. The van der Waals surface area contributed by atoms with Crippen molar-refractivity contribution in [3.8, 4) is 0 Å². The van der Waals surface area contributed by atoms with Gasteiger partial charge in [-0.2, -0.15) is 5.10 Å². The van der Waals surface area contributed by atoms with Crippen molar-refractivity contribution in [3.05, 3.63) is 42.5 Å². The molecule has 0 saturated carbocycles. The molecule has 0 aromatic carbocycles. The zero-order chi connectivity index (χ0) is 14.9. The fourth-order valence-electron chi connectivity index (χ4n) is 3.03. The first-order valence-electron chi connectivity index (χ1n) is 7.63. The van der Waals surface area contributed by atoms with E-state index in [0.29, 0.717) is 11.7 Å². The van der Waals surface area contributed by atoms with Crippen LogP contribution in [-0.2, 0) is 0 Å². The number of pyridine rings is 1. The Morgan fingerprint density at radius 1 is 1.18 bits per heavy atom. The third-order valence-electron chi connectivity index (χ3n) is 4.14. The fourth-order valence-corrected chi connectivity index (χ4v) is 3.03. The van der Waals surface area contributed by atoms with Crippen LogP contribution in [0.2, 0.25) is 0 Å². The standard InChI is InChI=1S/C16H18N6/c1-12-9-19-22(10-12)13-3-2-8-21(11-13)15-5-4-14-16(20-15)18-7-6-17-14/h4-7,9-10,13H,2-3,8,11H2,1H3. The molecule has 4 rings (SSSR count). The summed E-state index contributed by atoms with van der Waals surface area (Å²) >= 11 is 0. The van der Waals surface area contributed by atoms with Gasteiger partial charge in [-0.15, -0.1) is 0 Å². The summed E-state index contributed by atoms with van der Waals surface area (Å²) in [7, 11) is 0. The maximum atomic E-state index is 4.65. The Morgan fingerprint density at radius 3 is 2.95 bits per heavy atom. The number of rotatable bonds is 2. The minimum absolute atomic E-state index is 0.404. The Kier molecular flexibility index (Phi) is 3.21. The minimum Gasteiger partial charge on any atom is -0.354 e. The molecule has 0 aliphatic carbocycles. The van der Waals surface area contributed by atoms with Gasteiger partial charge in [0.05, 0.1) is 12.2 Å². The first-order valence-corrected chi connectivity index (χ1v) is 7.63. The van der Waals surface area contributed by atoms with E-state index in [1.54, 1.807) is 12.4 Å². The van der Waals surface area contributed by atoms with Crippen LogP contribution in [-0.4, -0.2) is 37.8 Å². The number of nitrogens with zero attached hydrogens (tertiary/aromatic N) is 6. The van der Waals surface area contributed by atoms with Crippen LogP contribution >= 0.6 is 0 Å². The number of aryl methyl sites for hydroxylation is 1. The van der Waals surface area contributed by atoms with E-state index in [9.17, 15) is 0 Å². The average Bonchev–Trinajstić information content (AvgIpc) is 3.01. The van der Waals surface area contributed by atoms with Crippen LogP contribution < -0.4 is 4.90 Å². The molecule has 6 heteroatoms. The molecule has 1 atom stereocenters. The molecule has 0 bridgehead atoms. The van der Waals surface area contributed by atoms with E-state index in [-0.39, 0.29) is 0 Å². The van der Waals surface area contributed by atoms with Crippen molar-refractivity contribution in [1.29, 1.82) is 0 Å². The highest BCUT2D eigenvalue weighted by Gasteiger charge is 2.23. The summed E-state index contributed by atoms with van der Waals surface area (Å²) in [6.45, 7) is 4.03. The van der Waals surface area contributed by atoms with E-state index in [4.69, 9.17) is 0 Å². The quantitative estimate of drug-likeness (QED) is 0.726. The van der Waals surface area contributed by atoms with Crippen molar-refractivity contribution in [2.24, 2.45) is 0 Å². The predicted octanol–water partition coefficient (Wildman–Crippen LogP) is 2.37. The van der Waals surface area contributed by atoms with Gasteiger partial charge in [-0.25, -0.2) is 9.97 Å². The normalized spacial score (nSPS) is 18.8. The van der Waals surface area contributed by atoms with Crippen LogP contribution in [0, 0.1) is 6.92 Å². The van der Waals surface area contributed by atoms with Crippen LogP contribution in [0.1, 0.15) is 24.4 Å². The third kappa shape index (κ3) is 2.41. The molecule has 3 aromatic rings. The van der Waals surface area contributed by atoms with E-state index in [0.717, 1.165) is 37.3 Å². The smallest absolute Gasteiger partial charge is 0.180 e. The van der Waals surface area contributed by atoms with Gasteiger partial charge in [0, 0.05) is 31.7 Å². The molecule has 1 fully saturated rings. The molecule has 0 amide bonds. The highest BCUT2D eigenvalue weighted by Crippen LogP contribution is 2.25. The highest BCUT2D eigenvalue weighted by molar-refractivity contribution is 5.71. The number of anilines is 1. The molecule has 4 heterocycles. The molecule has 6 nitrogen and oxygen atoms in total. The van der Waals surface area contributed by atoms with E-state index >= 15 is 0 Å². The van der Waals surface area contributed by atoms with Crippen molar-refractivity contribution in [2.75, 3.05) is 18.0 Å². The molecule has 3 aromatic heterocycles. The average molecular weight is 294 g/mol. The Balaban J connectivity index is 1.60. The molecule has 0 radical (unpaired) electrons. The second-order valence-electron chi connectivity index (χ2n) is 5.81. The maximum absolute atomic E-state index is 4.65. The Hall–Kier alpha value is -2.50. The van der Waals surface area contributed by atoms with Crippen LogP contribution in [0.25, 0.3) is 11.2 Å². The molecule has 1 aliphatic rings. The zero-order valence-corrected chi connectivity index (χ0v) is 12.6. The molecular weight excluding hydrogens is 276 g/mol. The molecule has 1 saturated heterocycles. The van der Waals surface area contributed by atoms with Gasteiger partial charge in [0.1, 0.15) is 11.3 Å². The monoisotopic (exact) mass is 294 g/mol. The van der Waals surface area contributed by atoms with Gasteiger partial charge >= 0.3 is 0 Å². The summed E-state index contributed by atoms with van der Waals surface area (Å²) in [6.07, 6.45) is 9.72. The van der Waals surface area contributed by atoms with Crippen LogP contribution in [0.4, 0.5) is 5.82 Å². The summed E-state index contributed by atoms with van der Waals surface area (Å²) in [5, 5.41) is 4.46. The maximum Gasteiger partial charge on any atom is 0.180 e. The first kappa shape index (κ1) is 13.2. The number of hydrogen-bond acceptors (Lipinski definition) is 5. The molecule has 112 valence electrons. The molecule has 0 spiro atoms. The summed E-state index contributed by atoms with van der Waals surface area (Å²) < 4.78 is 2.09. The minimum atomic E-state index is 0.404. The largest absolute Gasteiger partial charge is 0.354 e. The lowest BCUT2D eigenvalue weighted by Gasteiger charge is -2.33. The number of hydrogen-bond donors (Lipinski definition) is 0. The first-order chi connectivity index (χ1) is 10.8. The van der Waals surface area contributed by atoms with Gasteiger partial charge < -0.3 is 4.90 Å². The third-order valence-corrected chi connectivity index (χ3v) is 4.14. The topological polar surface area (TPSA) is 59.7 Å². The van der Waals surface area contributed by atoms with E-state index in [1.807, 2.05) is 18.3 Å². The molecule has 0 N–H and O–H groups in total. The van der Waals surface area contributed by atoms with E-state index in [1.165, 1.54) is 5.56 Å². The van der Waals surface area contributed by atoms with Gasteiger partial charge in [0.25, 0.3) is 0 Å². The zero-order valence-electron chi connectivity index (χ0n) is 12.6. The Bertz CT molecular complexity index is 796. The summed E-state index contributed by atoms with van der Waals surface area (Å²) in [4.78, 5) is 15.5. The predicted molar refractivity (Wildman–Crippen MR) is 84.8 cm³/mol. The second-order valence-corrected chi connectivity index (χ2v) is 5.81. The number of fused-ring (bicyclic) bond motifs is 1. The lowest BCUT2D eigenvalue weighted by atomic mass is 10.1. The van der Waals surface area contributed by atoms with E-state index in [2.05, 4.69) is 42.8 Å². The molecule has 22 heavy (non-hydrogen) atoms. The van der Waals surface area contributed by atoms with Crippen molar-refractivity contribution < 1.29 is 0 Å². The lowest BCUT2D eigenvalue weighted by Crippen LogP contribution is -2.37. The summed E-state index contributed by atoms with van der Waals surface area (Å²) in [5.74, 6) is 0.974. The van der Waals surface area contributed by atoms with Gasteiger partial charge in [-0.1, -0.05) is 0 Å². The highest BCUT2D eigenvalue weighted by atomic mass is 15.3. The van der Waals surface area contributed by atoms with Crippen molar-refractivity contribution in [2.45, 2.75) is 25.8 Å². The van der Waals surface area contributed by atoms with Gasteiger partial charge in [0.2, 0.25) is 0 Å². The lowest BCUT2D eigenvalue weighted by molar-refractivity contribution is 0.375. The Labute approximate surface area is 128 Å². The van der Waals surface area contributed by atoms with Crippen LogP contribution in [0.5, 0.6) is 0 Å². The summed E-state index contributed by atoms with van der Waals surface area (Å²) in [6, 6.07) is 4.43. The number of aromatic nitrogens is 5. The van der Waals surface area contributed by atoms with Gasteiger partial charge in [-0.05, 0) is 37.5 Å². The van der Waals surface area contributed by atoms with Crippen LogP contribution in [0.15, 0.2) is 36.9 Å². The Morgan fingerprint density at radius 2 is 2.09 bits per heavy atom. The van der Waals surface area contributed by atoms with Crippen LogP contribution in [0.3, 0.4) is 0 Å².